The summed E-state index contributed by atoms with van der Waals surface area (Å²) < 4.78 is 51.3. The summed E-state index contributed by atoms with van der Waals surface area (Å²) >= 11 is 0. The maximum atomic E-state index is 13.1. The van der Waals surface area contributed by atoms with Gasteiger partial charge in [0.25, 0.3) is 0 Å². The van der Waals surface area contributed by atoms with Crippen molar-refractivity contribution >= 4 is 5.97 Å². The van der Waals surface area contributed by atoms with Gasteiger partial charge in [0, 0.05) is 44.6 Å². The monoisotopic (exact) mass is 943 g/mol. The summed E-state index contributed by atoms with van der Waals surface area (Å²) in [6, 6.07) is 0. The van der Waals surface area contributed by atoms with Crippen molar-refractivity contribution in [1.29, 1.82) is 0 Å². The molecule has 5 N–H and O–H groups in total. The normalized spacial score (nSPS) is 41.0. The first-order valence-electron chi connectivity index (χ1n) is 25.4. The molecule has 6 fully saturated rings. The molecule has 7 aliphatic rings. The number of hydrogen-bond acceptors (Lipinski definition) is 14. The molecule has 14 heteroatoms. The lowest BCUT2D eigenvalue weighted by Crippen LogP contribution is -2.60. The van der Waals surface area contributed by atoms with Crippen LogP contribution in [-0.2, 0) is 42.7 Å². The molecule has 0 amide bonds. The van der Waals surface area contributed by atoms with Crippen LogP contribution in [-0.4, -0.2) is 135 Å². The average molecular weight is 943 g/mol. The number of aliphatic hydroxyl groups excluding tert-OH is 4. The Morgan fingerprint density at radius 2 is 1.76 bits per heavy atom. The van der Waals surface area contributed by atoms with Crippen LogP contribution >= 0.6 is 0 Å². The van der Waals surface area contributed by atoms with Crippen molar-refractivity contribution in [2.45, 2.75) is 229 Å². The molecule has 14 nitrogen and oxygen atoms in total. The Hall–Kier alpha value is -2.31. The molecule has 0 bridgehead atoms. The lowest BCUT2D eigenvalue weighted by Gasteiger charge is -2.50. The van der Waals surface area contributed by atoms with Crippen LogP contribution in [0.15, 0.2) is 59.3 Å². The molecule has 0 radical (unpaired) electrons. The summed E-state index contributed by atoms with van der Waals surface area (Å²) in [4.78, 5) is 13.1. The van der Waals surface area contributed by atoms with E-state index in [9.17, 15) is 25.2 Å². The molecular weight excluding hydrogens is 861 g/mol. The van der Waals surface area contributed by atoms with Crippen molar-refractivity contribution < 1.29 is 68.2 Å². The highest BCUT2D eigenvalue weighted by Crippen LogP contribution is 2.47. The standard InChI is InChI=1S/C53H82O14/c1-32(12-11-24-54)26-34(3)31-60-49(58)50(8,59)30-40-15-16-44(56)53(64-40)29-33(2)27-43(65-53)35(4)13-14-39-18-22-52(63-39)23-19-42-48(67-52)45(57)38(7)47(62-42)41(55)28-37(6)46-36(5)17-21-51(66-46)20-9-10-25-61-51/h12-14,26,29,35-37,39-48,54-57,59H,7,9-11,15-25,27-28,30-31H2,1-6,8H3/b14-13+,32-12+,34-26+/t35-,36-,37+,39+,40?,41+,42?,43+,44-,45-,46?,47+,48?,50-,51+,52+,53+/m1/s1. The predicted molar refractivity (Wildman–Crippen MR) is 250 cm³/mol. The van der Waals surface area contributed by atoms with Gasteiger partial charge in [-0.15, -0.1) is 0 Å². The van der Waals surface area contributed by atoms with E-state index in [1.165, 1.54) is 6.92 Å². The van der Waals surface area contributed by atoms with E-state index in [1.807, 2.05) is 45.1 Å². The van der Waals surface area contributed by atoms with E-state index in [-0.39, 0.29) is 49.8 Å². The Morgan fingerprint density at radius 3 is 2.51 bits per heavy atom. The summed E-state index contributed by atoms with van der Waals surface area (Å²) in [5.74, 6) is -3.30. The molecule has 67 heavy (non-hydrogen) atoms. The van der Waals surface area contributed by atoms with Crippen LogP contribution in [0.2, 0.25) is 0 Å². The summed E-state index contributed by atoms with van der Waals surface area (Å²) in [6.07, 6.45) is 13.8. The van der Waals surface area contributed by atoms with Crippen LogP contribution in [0, 0.1) is 17.8 Å². The van der Waals surface area contributed by atoms with E-state index < -0.39 is 71.7 Å². The van der Waals surface area contributed by atoms with Gasteiger partial charge in [-0.3, -0.25) is 0 Å². The van der Waals surface area contributed by atoms with Crippen molar-refractivity contribution in [3.8, 4) is 0 Å². The van der Waals surface area contributed by atoms with Gasteiger partial charge in [-0.2, -0.15) is 0 Å². The van der Waals surface area contributed by atoms with Crippen molar-refractivity contribution in [1.82, 2.24) is 0 Å². The third kappa shape index (κ3) is 12.4. The number of ether oxygens (including phenoxy) is 8. The molecular formula is C53H82O14. The number of hydrogen-bond donors (Lipinski definition) is 5. The minimum absolute atomic E-state index is 0.0149. The van der Waals surface area contributed by atoms with Crippen molar-refractivity contribution in [2.75, 3.05) is 19.8 Å². The number of esters is 1. The predicted octanol–water partition coefficient (Wildman–Crippen LogP) is 6.95. The molecule has 0 saturated carbocycles. The smallest absolute Gasteiger partial charge is 0.338 e. The van der Waals surface area contributed by atoms with Gasteiger partial charge in [-0.1, -0.05) is 62.8 Å². The highest BCUT2D eigenvalue weighted by molar-refractivity contribution is 5.78. The number of fused-ring (bicyclic) bond motifs is 1. The molecule has 0 aromatic rings. The summed E-state index contributed by atoms with van der Waals surface area (Å²) in [5, 5.41) is 54.9. The molecule has 6 saturated heterocycles. The number of rotatable bonds is 15. The summed E-state index contributed by atoms with van der Waals surface area (Å²) in [5.41, 5.74) is 1.33. The fourth-order valence-electron chi connectivity index (χ4n) is 11.7. The Kier molecular flexibility index (Phi) is 17.2. The van der Waals surface area contributed by atoms with Gasteiger partial charge >= 0.3 is 5.97 Å². The van der Waals surface area contributed by atoms with E-state index in [4.69, 9.17) is 43.0 Å². The zero-order valence-corrected chi connectivity index (χ0v) is 41.2. The third-order valence-corrected chi connectivity index (χ3v) is 15.5. The van der Waals surface area contributed by atoms with Crippen LogP contribution in [0.25, 0.3) is 0 Å². The fourth-order valence-corrected chi connectivity index (χ4v) is 11.7. The van der Waals surface area contributed by atoms with Crippen LogP contribution in [0.1, 0.15) is 145 Å². The maximum absolute atomic E-state index is 13.1. The van der Waals surface area contributed by atoms with Crippen molar-refractivity contribution in [3.05, 3.63) is 59.3 Å². The number of carbonyl (C=O) groups excluding carboxylic acids is 1. The molecule has 378 valence electrons. The third-order valence-electron chi connectivity index (χ3n) is 15.5. The molecule has 4 unspecified atom stereocenters. The van der Waals surface area contributed by atoms with Gasteiger partial charge in [0.1, 0.15) is 31.0 Å². The molecule has 0 aromatic carbocycles. The number of allylic oxidation sites excluding steroid dienone is 2. The van der Waals surface area contributed by atoms with Gasteiger partial charge in [0.15, 0.2) is 17.2 Å². The molecule has 3 spiro atoms. The topological polar surface area (TPSA) is 192 Å². The van der Waals surface area contributed by atoms with Gasteiger partial charge in [0.05, 0.1) is 43.2 Å². The Bertz CT molecular complexity index is 1830. The second-order valence-electron chi connectivity index (χ2n) is 21.6. The molecule has 0 aliphatic carbocycles. The number of carbonyl (C=O) groups is 1. The van der Waals surface area contributed by atoms with E-state index in [1.54, 1.807) is 0 Å². The first-order chi connectivity index (χ1) is 31.8. The van der Waals surface area contributed by atoms with Crippen LogP contribution < -0.4 is 0 Å². The van der Waals surface area contributed by atoms with Crippen molar-refractivity contribution in [2.24, 2.45) is 17.8 Å². The first kappa shape index (κ1) is 52.5. The quantitative estimate of drug-likeness (QED) is 0.0644. The molecule has 0 aromatic heterocycles. The zero-order valence-electron chi connectivity index (χ0n) is 41.2. The van der Waals surface area contributed by atoms with E-state index in [0.29, 0.717) is 62.9 Å². The van der Waals surface area contributed by atoms with Gasteiger partial charge in [0.2, 0.25) is 5.79 Å². The Morgan fingerprint density at radius 1 is 1.00 bits per heavy atom. The van der Waals surface area contributed by atoms with Gasteiger partial charge in [-0.05, 0) is 121 Å². The van der Waals surface area contributed by atoms with E-state index in [0.717, 1.165) is 61.9 Å². The van der Waals surface area contributed by atoms with Crippen LogP contribution in [0.5, 0.6) is 0 Å². The molecule has 7 rings (SSSR count). The Labute approximate surface area is 398 Å². The largest absolute Gasteiger partial charge is 0.459 e. The lowest BCUT2D eigenvalue weighted by molar-refractivity contribution is -0.321. The Balaban J connectivity index is 0.897. The lowest BCUT2D eigenvalue weighted by atomic mass is 9.79. The zero-order chi connectivity index (χ0) is 48.3. The second-order valence-corrected chi connectivity index (χ2v) is 21.6. The average Bonchev–Trinajstić information content (AvgIpc) is 3.68. The number of aliphatic hydroxyl groups is 5. The second kappa shape index (κ2) is 22.0. The minimum atomic E-state index is -1.83. The summed E-state index contributed by atoms with van der Waals surface area (Å²) in [6.45, 7) is 18.6. The molecule has 7 aliphatic heterocycles. The van der Waals surface area contributed by atoms with Gasteiger partial charge in [-0.25, -0.2) is 4.79 Å². The van der Waals surface area contributed by atoms with E-state index >= 15 is 0 Å². The van der Waals surface area contributed by atoms with Crippen LogP contribution in [0.4, 0.5) is 0 Å². The SMILES string of the molecule is C=C1[C@@H](O)C2O[C@]3(CCC2O[C@@H]1[C@@H](O)C[C@H](C)C1O[C@@]2(CCCCO2)CC[C@H]1C)CC[C@H](/C=C/[C@@H](C)[C@@H]1CC(C)=C[C@]2(OC(C[C@@](C)(O)C(=O)OC/C(C)=C/C(C)=C/CCO)CC[C@H]2O)O1)O3. The molecule has 17 atom stereocenters. The molecule has 7 heterocycles. The van der Waals surface area contributed by atoms with Gasteiger partial charge < -0.3 is 63.4 Å². The maximum Gasteiger partial charge on any atom is 0.338 e. The fraction of sp³-hybridized carbons (Fsp3) is 0.792. The van der Waals surface area contributed by atoms with Crippen molar-refractivity contribution in [3.63, 3.8) is 0 Å². The van der Waals surface area contributed by atoms with E-state index in [2.05, 4.69) is 33.4 Å². The summed E-state index contributed by atoms with van der Waals surface area (Å²) in [7, 11) is 0. The highest BCUT2D eigenvalue weighted by atomic mass is 16.7. The van der Waals surface area contributed by atoms with Crippen LogP contribution in [0.3, 0.4) is 0 Å². The highest BCUT2D eigenvalue weighted by Gasteiger charge is 2.55. The minimum Gasteiger partial charge on any atom is -0.459 e. The first-order valence-corrected chi connectivity index (χ1v) is 25.4.